The van der Waals surface area contributed by atoms with Gasteiger partial charge in [-0.25, -0.2) is 0 Å². The monoisotopic (exact) mass is 350 g/mol. The largest absolute Gasteiger partial charge is 0.469 e. The van der Waals surface area contributed by atoms with E-state index in [9.17, 15) is 9.59 Å². The second-order valence-electron chi connectivity index (χ2n) is 4.09. The predicted molar refractivity (Wildman–Crippen MR) is 88.1 cm³/mol. The van der Waals surface area contributed by atoms with E-state index in [1.54, 1.807) is 0 Å². The van der Waals surface area contributed by atoms with Gasteiger partial charge in [-0.1, -0.05) is 23.2 Å². The maximum absolute atomic E-state index is 11.8. The van der Waals surface area contributed by atoms with E-state index in [1.165, 1.54) is 31.0 Å². The van der Waals surface area contributed by atoms with Gasteiger partial charge in [0, 0.05) is 22.9 Å². The standard InChI is InChI=1S/C13H16Cl2N2O3S/c1-20-12(19)3-5-21-4-2-11(18)17-13-9(15)6-8(14)7-10(13)16/h6-7H,2-5,16H2,1H3,(H,17,18). The summed E-state index contributed by atoms with van der Waals surface area (Å²) in [5.74, 6) is 0.752. The highest BCUT2D eigenvalue weighted by atomic mass is 35.5. The van der Waals surface area contributed by atoms with Crippen molar-refractivity contribution >= 4 is 58.2 Å². The van der Waals surface area contributed by atoms with E-state index < -0.39 is 0 Å². The molecule has 0 heterocycles. The first kappa shape index (κ1) is 17.9. The third-order valence-electron chi connectivity index (χ3n) is 2.50. The van der Waals surface area contributed by atoms with E-state index in [4.69, 9.17) is 28.9 Å². The quantitative estimate of drug-likeness (QED) is 0.448. The van der Waals surface area contributed by atoms with Gasteiger partial charge in [0.15, 0.2) is 0 Å². The first-order chi connectivity index (χ1) is 9.93. The van der Waals surface area contributed by atoms with Crippen LogP contribution in [0.4, 0.5) is 11.4 Å². The fraction of sp³-hybridized carbons (Fsp3) is 0.385. The van der Waals surface area contributed by atoms with Gasteiger partial charge in [-0.05, 0) is 12.1 Å². The van der Waals surface area contributed by atoms with Crippen molar-refractivity contribution in [3.05, 3.63) is 22.2 Å². The summed E-state index contributed by atoms with van der Waals surface area (Å²) in [7, 11) is 1.35. The summed E-state index contributed by atoms with van der Waals surface area (Å²) >= 11 is 13.3. The maximum atomic E-state index is 11.8. The van der Waals surface area contributed by atoms with Crippen LogP contribution >= 0.6 is 35.0 Å². The van der Waals surface area contributed by atoms with Crippen LogP contribution in [0.1, 0.15) is 12.8 Å². The van der Waals surface area contributed by atoms with Gasteiger partial charge in [0.25, 0.3) is 0 Å². The van der Waals surface area contributed by atoms with Crippen LogP contribution in [0, 0.1) is 0 Å². The molecule has 0 unspecified atom stereocenters. The zero-order chi connectivity index (χ0) is 15.8. The number of hydrogen-bond donors (Lipinski definition) is 2. The zero-order valence-electron chi connectivity index (χ0n) is 11.4. The molecule has 0 saturated heterocycles. The summed E-state index contributed by atoms with van der Waals surface area (Å²) in [6.45, 7) is 0. The Bertz CT molecular complexity index is 503. The van der Waals surface area contributed by atoms with Gasteiger partial charge < -0.3 is 15.8 Å². The smallest absolute Gasteiger partial charge is 0.306 e. The highest BCUT2D eigenvalue weighted by Crippen LogP contribution is 2.32. The number of ether oxygens (including phenoxy) is 1. The van der Waals surface area contributed by atoms with Crippen molar-refractivity contribution in [3.8, 4) is 0 Å². The minimum absolute atomic E-state index is 0.198. The van der Waals surface area contributed by atoms with Crippen LogP contribution in [0.5, 0.6) is 0 Å². The summed E-state index contributed by atoms with van der Waals surface area (Å²) in [6, 6.07) is 3.04. The number of thioether (sulfide) groups is 1. The van der Waals surface area contributed by atoms with E-state index in [1.807, 2.05) is 0 Å². The van der Waals surface area contributed by atoms with Crippen LogP contribution in [0.25, 0.3) is 0 Å². The average Bonchev–Trinajstić information content (AvgIpc) is 2.42. The van der Waals surface area contributed by atoms with Crippen molar-refractivity contribution in [1.29, 1.82) is 0 Å². The van der Waals surface area contributed by atoms with E-state index >= 15 is 0 Å². The van der Waals surface area contributed by atoms with Crippen LogP contribution in [0.3, 0.4) is 0 Å². The molecule has 1 aromatic carbocycles. The van der Waals surface area contributed by atoms with E-state index in [2.05, 4.69) is 10.1 Å². The number of nitrogens with one attached hydrogen (secondary N) is 1. The Morgan fingerprint density at radius 3 is 2.57 bits per heavy atom. The number of carbonyl (C=O) groups is 2. The van der Waals surface area contributed by atoms with Crippen LogP contribution in [0.15, 0.2) is 12.1 Å². The van der Waals surface area contributed by atoms with Crippen molar-refractivity contribution in [2.75, 3.05) is 29.7 Å². The van der Waals surface area contributed by atoms with Crippen molar-refractivity contribution in [3.63, 3.8) is 0 Å². The fourth-order valence-electron chi connectivity index (χ4n) is 1.45. The molecule has 21 heavy (non-hydrogen) atoms. The van der Waals surface area contributed by atoms with Crippen molar-refractivity contribution in [1.82, 2.24) is 0 Å². The molecule has 0 aliphatic heterocycles. The average molecular weight is 351 g/mol. The molecule has 3 N–H and O–H groups in total. The van der Waals surface area contributed by atoms with Gasteiger partial charge in [0.2, 0.25) is 5.91 Å². The van der Waals surface area contributed by atoms with Gasteiger partial charge >= 0.3 is 5.97 Å². The third-order valence-corrected chi connectivity index (χ3v) is 4.00. The van der Waals surface area contributed by atoms with Gasteiger partial charge in [-0.3, -0.25) is 9.59 Å². The molecule has 0 fully saturated rings. The summed E-state index contributed by atoms with van der Waals surface area (Å²) in [5, 5.41) is 3.37. The number of esters is 1. The van der Waals surface area contributed by atoms with E-state index in [0.29, 0.717) is 45.8 Å². The lowest BCUT2D eigenvalue weighted by Crippen LogP contribution is -2.14. The number of hydrogen-bond acceptors (Lipinski definition) is 5. The Morgan fingerprint density at radius 1 is 1.29 bits per heavy atom. The van der Waals surface area contributed by atoms with E-state index in [0.717, 1.165) is 0 Å². The molecule has 0 aliphatic rings. The Morgan fingerprint density at radius 2 is 1.95 bits per heavy atom. The predicted octanol–water partition coefficient (Wildman–Crippen LogP) is 3.20. The summed E-state index contributed by atoms with van der Waals surface area (Å²) in [5.41, 5.74) is 6.44. The maximum Gasteiger partial charge on any atom is 0.306 e. The van der Waals surface area contributed by atoms with Gasteiger partial charge in [-0.15, -0.1) is 0 Å². The number of amides is 1. The molecule has 0 atom stereocenters. The minimum atomic E-state index is -0.257. The van der Waals surface area contributed by atoms with Crippen LogP contribution in [-0.4, -0.2) is 30.5 Å². The van der Waals surface area contributed by atoms with Crippen molar-refractivity contribution in [2.45, 2.75) is 12.8 Å². The van der Waals surface area contributed by atoms with Crippen LogP contribution in [-0.2, 0) is 14.3 Å². The molecular formula is C13H16Cl2N2O3S. The lowest BCUT2D eigenvalue weighted by molar-refractivity contribution is -0.140. The first-order valence-corrected chi connectivity index (χ1v) is 8.04. The number of halogens is 2. The van der Waals surface area contributed by atoms with Crippen molar-refractivity contribution in [2.24, 2.45) is 0 Å². The normalized spacial score (nSPS) is 10.2. The van der Waals surface area contributed by atoms with Crippen LogP contribution < -0.4 is 11.1 Å². The molecule has 0 aromatic heterocycles. The number of benzene rings is 1. The zero-order valence-corrected chi connectivity index (χ0v) is 13.8. The number of rotatable bonds is 7. The lowest BCUT2D eigenvalue weighted by Gasteiger charge is -2.10. The summed E-state index contributed by atoms with van der Waals surface area (Å²) < 4.78 is 4.52. The molecule has 1 aromatic rings. The molecule has 0 bridgehead atoms. The number of methoxy groups -OCH3 is 1. The Balaban J connectivity index is 2.36. The van der Waals surface area contributed by atoms with Crippen molar-refractivity contribution < 1.29 is 14.3 Å². The Kier molecular flexibility index (Phi) is 7.71. The topological polar surface area (TPSA) is 81.4 Å². The SMILES string of the molecule is COC(=O)CCSCCC(=O)Nc1c(N)cc(Cl)cc1Cl. The molecule has 8 heteroatoms. The number of nitrogen functional groups attached to an aromatic ring is 1. The molecule has 0 saturated carbocycles. The lowest BCUT2D eigenvalue weighted by atomic mass is 10.2. The highest BCUT2D eigenvalue weighted by molar-refractivity contribution is 7.99. The molecular weight excluding hydrogens is 335 g/mol. The molecule has 1 rings (SSSR count). The molecule has 116 valence electrons. The van der Waals surface area contributed by atoms with Gasteiger partial charge in [0.05, 0.1) is 29.9 Å². The fourth-order valence-corrected chi connectivity index (χ4v) is 2.85. The summed E-state index contributed by atoms with van der Waals surface area (Å²) in [6.07, 6.45) is 0.628. The van der Waals surface area contributed by atoms with Crippen LogP contribution in [0.2, 0.25) is 10.0 Å². The van der Waals surface area contributed by atoms with E-state index in [-0.39, 0.29) is 11.9 Å². The molecule has 1 amide bonds. The van der Waals surface area contributed by atoms with Gasteiger partial charge in [-0.2, -0.15) is 11.8 Å². The first-order valence-electron chi connectivity index (χ1n) is 6.13. The highest BCUT2D eigenvalue weighted by Gasteiger charge is 2.10. The molecule has 0 aliphatic carbocycles. The second-order valence-corrected chi connectivity index (χ2v) is 6.16. The molecule has 0 radical (unpaired) electrons. The Hall–Kier alpha value is -1.11. The molecule has 5 nitrogen and oxygen atoms in total. The number of nitrogens with two attached hydrogens (primary N) is 1. The Labute approximate surface area is 137 Å². The summed E-state index contributed by atoms with van der Waals surface area (Å²) in [4.78, 5) is 22.7. The third kappa shape index (κ3) is 6.46. The molecule has 0 spiro atoms. The number of carbonyl (C=O) groups excluding carboxylic acids is 2. The van der Waals surface area contributed by atoms with Gasteiger partial charge in [0.1, 0.15) is 0 Å². The minimum Gasteiger partial charge on any atom is -0.469 e. The second kappa shape index (κ2) is 9.02. The number of anilines is 2.